The fourth-order valence-electron chi connectivity index (χ4n) is 3.24. The first-order valence-corrected chi connectivity index (χ1v) is 9.95. The van der Waals surface area contributed by atoms with Crippen LogP contribution < -0.4 is 0 Å². The summed E-state index contributed by atoms with van der Waals surface area (Å²) in [7, 11) is 0. The Morgan fingerprint density at radius 1 is 1.13 bits per heavy atom. The molecule has 3 rings (SSSR count). The Morgan fingerprint density at radius 2 is 1.87 bits per heavy atom. The summed E-state index contributed by atoms with van der Waals surface area (Å²) in [6, 6.07) is 10.3. The Kier molecular flexibility index (Phi) is 6.54. The van der Waals surface area contributed by atoms with Crippen LogP contribution in [0.5, 0.6) is 0 Å². The van der Waals surface area contributed by atoms with E-state index in [0.717, 1.165) is 12.0 Å². The molecule has 0 aliphatic carbocycles. The molecule has 3 aromatic rings. The van der Waals surface area contributed by atoms with Gasteiger partial charge in [0.2, 0.25) is 5.82 Å². The van der Waals surface area contributed by atoms with E-state index in [0.29, 0.717) is 36.5 Å². The molecule has 0 atom stereocenters. The molecule has 1 aromatic carbocycles. The Hall–Kier alpha value is -3.16. The van der Waals surface area contributed by atoms with Gasteiger partial charge in [-0.1, -0.05) is 38.1 Å². The van der Waals surface area contributed by atoms with Gasteiger partial charge in [0.05, 0.1) is 17.8 Å². The highest BCUT2D eigenvalue weighted by Gasteiger charge is 2.36. The maximum atomic E-state index is 14.3. The van der Waals surface area contributed by atoms with E-state index in [2.05, 4.69) is 15.1 Å². The standard InChI is InChI=1S/C22H24F2N4O2/c1-3-6-18-26-21(22(23,24)12-4-2)27-28(18)14-15-8-10-16(11-9-15)19-17(20(29)30)7-5-13-25-19/h5,7-11,13H,3-4,6,12,14H2,1-2H3,(H,29,30). The first kappa shape index (κ1) is 21.5. The zero-order chi connectivity index (χ0) is 21.7. The lowest BCUT2D eigenvalue weighted by molar-refractivity contribution is -0.0232. The molecule has 0 aliphatic rings. The summed E-state index contributed by atoms with van der Waals surface area (Å²) in [6.45, 7) is 3.97. The SMILES string of the molecule is CCCc1nc(C(F)(F)CCC)nn1Cc1ccc(-c2ncccc2C(=O)O)cc1. The van der Waals surface area contributed by atoms with Crippen molar-refractivity contribution < 1.29 is 18.7 Å². The van der Waals surface area contributed by atoms with Crippen LogP contribution in [-0.4, -0.2) is 30.8 Å². The van der Waals surface area contributed by atoms with Gasteiger partial charge >= 0.3 is 11.9 Å². The highest BCUT2D eigenvalue weighted by molar-refractivity contribution is 5.94. The van der Waals surface area contributed by atoms with Crippen molar-refractivity contribution in [1.82, 2.24) is 19.7 Å². The van der Waals surface area contributed by atoms with E-state index in [-0.39, 0.29) is 12.0 Å². The highest BCUT2D eigenvalue weighted by atomic mass is 19.3. The van der Waals surface area contributed by atoms with Crippen LogP contribution >= 0.6 is 0 Å². The molecule has 0 unspecified atom stereocenters. The highest BCUT2D eigenvalue weighted by Crippen LogP contribution is 2.31. The zero-order valence-corrected chi connectivity index (χ0v) is 17.0. The second kappa shape index (κ2) is 9.11. The number of aromatic carboxylic acids is 1. The van der Waals surface area contributed by atoms with Gasteiger partial charge in [-0.3, -0.25) is 4.98 Å². The molecule has 0 amide bonds. The number of carboxylic acids is 1. The van der Waals surface area contributed by atoms with Gasteiger partial charge in [0.15, 0.2) is 0 Å². The summed E-state index contributed by atoms with van der Waals surface area (Å²) in [5, 5.41) is 13.4. The van der Waals surface area contributed by atoms with Gasteiger partial charge in [-0.2, -0.15) is 8.78 Å². The second-order valence-electron chi connectivity index (χ2n) is 7.12. The van der Waals surface area contributed by atoms with Gasteiger partial charge in [0.1, 0.15) is 5.82 Å². The van der Waals surface area contributed by atoms with Crippen LogP contribution in [0.4, 0.5) is 8.78 Å². The van der Waals surface area contributed by atoms with Gasteiger partial charge in [0.25, 0.3) is 0 Å². The van der Waals surface area contributed by atoms with Crippen molar-refractivity contribution in [3.05, 3.63) is 65.4 Å². The topological polar surface area (TPSA) is 80.9 Å². The molecule has 0 saturated carbocycles. The van der Waals surface area contributed by atoms with Crippen molar-refractivity contribution in [1.29, 1.82) is 0 Å². The number of halogens is 2. The predicted octanol–water partition coefficient (Wildman–Crippen LogP) is 4.93. The van der Waals surface area contributed by atoms with Crippen LogP contribution in [0.15, 0.2) is 42.6 Å². The maximum absolute atomic E-state index is 14.3. The monoisotopic (exact) mass is 414 g/mol. The van der Waals surface area contributed by atoms with Crippen LogP contribution in [0, 0.1) is 0 Å². The number of carboxylic acid groups (broad SMARTS) is 1. The van der Waals surface area contributed by atoms with E-state index >= 15 is 0 Å². The lowest BCUT2D eigenvalue weighted by Gasteiger charge is -2.10. The number of pyridine rings is 1. The molecule has 6 nitrogen and oxygen atoms in total. The molecule has 0 bridgehead atoms. The Bertz CT molecular complexity index is 1020. The normalized spacial score (nSPS) is 11.6. The minimum Gasteiger partial charge on any atom is -0.478 e. The van der Waals surface area contributed by atoms with Gasteiger partial charge in [0, 0.05) is 24.6 Å². The summed E-state index contributed by atoms with van der Waals surface area (Å²) >= 11 is 0. The first-order valence-electron chi connectivity index (χ1n) is 9.95. The van der Waals surface area contributed by atoms with Crippen molar-refractivity contribution in [2.75, 3.05) is 0 Å². The van der Waals surface area contributed by atoms with E-state index in [1.165, 1.54) is 10.7 Å². The van der Waals surface area contributed by atoms with Crippen molar-refractivity contribution in [3.8, 4) is 11.3 Å². The minimum atomic E-state index is -3.04. The van der Waals surface area contributed by atoms with E-state index in [1.54, 1.807) is 31.3 Å². The summed E-state index contributed by atoms with van der Waals surface area (Å²) in [5.41, 5.74) is 2.01. The van der Waals surface area contributed by atoms with Crippen LogP contribution in [-0.2, 0) is 18.9 Å². The van der Waals surface area contributed by atoms with E-state index in [4.69, 9.17) is 0 Å². The number of aryl methyl sites for hydroxylation is 1. The Balaban J connectivity index is 1.87. The fourth-order valence-corrected chi connectivity index (χ4v) is 3.24. The third-order valence-corrected chi connectivity index (χ3v) is 4.71. The fraction of sp³-hybridized carbons (Fsp3) is 0.364. The summed E-state index contributed by atoms with van der Waals surface area (Å²) in [5.74, 6) is -3.98. The average Bonchev–Trinajstić information content (AvgIpc) is 3.12. The average molecular weight is 414 g/mol. The van der Waals surface area contributed by atoms with E-state index < -0.39 is 17.7 Å². The Labute approximate surface area is 173 Å². The van der Waals surface area contributed by atoms with Crippen LogP contribution in [0.2, 0.25) is 0 Å². The quantitative estimate of drug-likeness (QED) is 0.537. The predicted molar refractivity (Wildman–Crippen MR) is 109 cm³/mol. The number of rotatable bonds is 9. The van der Waals surface area contributed by atoms with Gasteiger partial charge in [-0.25, -0.2) is 14.5 Å². The molecule has 1 N–H and O–H groups in total. The number of hydrogen-bond acceptors (Lipinski definition) is 4. The number of hydrogen-bond donors (Lipinski definition) is 1. The molecule has 8 heteroatoms. The van der Waals surface area contributed by atoms with E-state index in [1.807, 2.05) is 19.1 Å². The summed E-state index contributed by atoms with van der Waals surface area (Å²) in [4.78, 5) is 19.7. The lowest BCUT2D eigenvalue weighted by atomic mass is 10.0. The number of carbonyl (C=O) groups is 1. The Morgan fingerprint density at radius 3 is 2.50 bits per heavy atom. The third-order valence-electron chi connectivity index (χ3n) is 4.71. The van der Waals surface area contributed by atoms with Crippen molar-refractivity contribution >= 4 is 5.97 Å². The van der Waals surface area contributed by atoms with Crippen molar-refractivity contribution in [2.45, 2.75) is 52.0 Å². The molecule has 0 radical (unpaired) electrons. The number of nitrogens with zero attached hydrogens (tertiary/aromatic N) is 4. The molecular formula is C22H24F2N4O2. The molecule has 0 saturated heterocycles. The van der Waals surface area contributed by atoms with Crippen LogP contribution in [0.3, 0.4) is 0 Å². The smallest absolute Gasteiger partial charge is 0.337 e. The molecule has 2 heterocycles. The second-order valence-corrected chi connectivity index (χ2v) is 7.12. The lowest BCUT2D eigenvalue weighted by Crippen LogP contribution is -2.15. The number of alkyl halides is 2. The van der Waals surface area contributed by atoms with Gasteiger partial charge in [-0.15, -0.1) is 5.10 Å². The van der Waals surface area contributed by atoms with Crippen LogP contribution in [0.1, 0.15) is 60.7 Å². The molecular weight excluding hydrogens is 390 g/mol. The molecule has 0 spiro atoms. The van der Waals surface area contributed by atoms with Gasteiger partial charge in [-0.05, 0) is 30.5 Å². The van der Waals surface area contributed by atoms with Crippen molar-refractivity contribution in [2.24, 2.45) is 0 Å². The largest absolute Gasteiger partial charge is 0.478 e. The number of aromatic nitrogens is 4. The van der Waals surface area contributed by atoms with E-state index in [9.17, 15) is 18.7 Å². The van der Waals surface area contributed by atoms with Crippen molar-refractivity contribution in [3.63, 3.8) is 0 Å². The van der Waals surface area contributed by atoms with Gasteiger partial charge < -0.3 is 5.11 Å². The molecule has 0 fully saturated rings. The third kappa shape index (κ3) is 4.69. The maximum Gasteiger partial charge on any atom is 0.337 e. The molecule has 30 heavy (non-hydrogen) atoms. The number of benzene rings is 1. The molecule has 158 valence electrons. The minimum absolute atomic E-state index is 0.120. The molecule has 0 aliphatic heterocycles. The zero-order valence-electron chi connectivity index (χ0n) is 17.0. The molecule has 2 aromatic heterocycles. The van der Waals surface area contributed by atoms with Crippen LogP contribution in [0.25, 0.3) is 11.3 Å². The summed E-state index contributed by atoms with van der Waals surface area (Å²) in [6.07, 6.45) is 2.93. The first-order chi connectivity index (χ1) is 14.4. The summed E-state index contributed by atoms with van der Waals surface area (Å²) < 4.78 is 30.1.